The number of nitrogens with one attached hydrogen (secondary N) is 1. The highest BCUT2D eigenvalue weighted by molar-refractivity contribution is 5.91. The van der Waals surface area contributed by atoms with Crippen LogP contribution < -0.4 is 10.1 Å². The lowest BCUT2D eigenvalue weighted by molar-refractivity contribution is -0.141. The number of alkyl halides is 3. The Balaban J connectivity index is 2.04. The molecule has 2 rings (SSSR count). The molecule has 1 N–H and O–H groups in total. The molecule has 0 bridgehead atoms. The van der Waals surface area contributed by atoms with Crippen LogP contribution in [0.2, 0.25) is 0 Å². The zero-order valence-corrected chi connectivity index (χ0v) is 11.9. The highest BCUT2D eigenvalue weighted by Crippen LogP contribution is 2.29. The van der Waals surface area contributed by atoms with Gasteiger partial charge in [-0.1, -0.05) is 12.1 Å². The van der Waals surface area contributed by atoms with Crippen LogP contribution in [0.5, 0.6) is 5.75 Å². The van der Waals surface area contributed by atoms with Crippen LogP contribution >= 0.6 is 0 Å². The Hall–Kier alpha value is -2.51. The Kier molecular flexibility index (Phi) is 4.39. The van der Waals surface area contributed by atoms with Gasteiger partial charge in [0.25, 0.3) is 0 Å². The van der Waals surface area contributed by atoms with Gasteiger partial charge in [-0.3, -0.25) is 9.48 Å². The highest BCUT2D eigenvalue weighted by atomic mass is 19.4. The summed E-state index contributed by atoms with van der Waals surface area (Å²) in [6.07, 6.45) is -4.51. The summed E-state index contributed by atoms with van der Waals surface area (Å²) < 4.78 is 43.6. The van der Waals surface area contributed by atoms with Gasteiger partial charge >= 0.3 is 6.18 Å². The first-order valence-corrected chi connectivity index (χ1v) is 6.33. The van der Waals surface area contributed by atoms with Crippen molar-refractivity contribution in [3.05, 3.63) is 41.6 Å². The Labute approximate surface area is 124 Å². The van der Waals surface area contributed by atoms with Crippen LogP contribution in [0.4, 0.5) is 19.0 Å². The molecule has 8 heteroatoms. The van der Waals surface area contributed by atoms with Crippen LogP contribution in [-0.4, -0.2) is 22.8 Å². The molecule has 0 aliphatic rings. The summed E-state index contributed by atoms with van der Waals surface area (Å²) in [5.74, 6) is 0.221. The predicted octanol–water partition coefficient (Wildman–Crippen LogP) is 2.63. The van der Waals surface area contributed by atoms with Gasteiger partial charge in [0.15, 0.2) is 5.69 Å². The number of hydrogen-bond donors (Lipinski definition) is 1. The van der Waals surface area contributed by atoms with Gasteiger partial charge in [-0.15, -0.1) is 0 Å². The van der Waals surface area contributed by atoms with E-state index in [9.17, 15) is 18.0 Å². The molecule has 0 saturated heterocycles. The van der Waals surface area contributed by atoms with E-state index in [4.69, 9.17) is 4.74 Å². The van der Waals surface area contributed by atoms with E-state index in [-0.39, 0.29) is 12.2 Å². The lowest BCUT2D eigenvalue weighted by Gasteiger charge is -2.06. The number of carbonyl (C=O) groups excluding carboxylic acids is 1. The largest absolute Gasteiger partial charge is 0.497 e. The third-order valence-corrected chi connectivity index (χ3v) is 2.96. The molecule has 0 aliphatic carbocycles. The zero-order chi connectivity index (χ0) is 16.3. The van der Waals surface area contributed by atoms with Gasteiger partial charge in [0.05, 0.1) is 13.5 Å². The molecule has 22 heavy (non-hydrogen) atoms. The maximum atomic E-state index is 12.5. The predicted molar refractivity (Wildman–Crippen MR) is 73.5 cm³/mol. The van der Waals surface area contributed by atoms with E-state index in [1.165, 1.54) is 14.2 Å². The van der Waals surface area contributed by atoms with E-state index >= 15 is 0 Å². The smallest absolute Gasteiger partial charge is 0.435 e. The second kappa shape index (κ2) is 6.08. The molecule has 1 aromatic heterocycles. The van der Waals surface area contributed by atoms with Gasteiger partial charge in [-0.2, -0.15) is 18.3 Å². The highest BCUT2D eigenvalue weighted by Gasteiger charge is 2.34. The first-order chi connectivity index (χ1) is 10.3. The summed E-state index contributed by atoms with van der Waals surface area (Å²) in [5.41, 5.74) is -0.328. The Bertz CT molecular complexity index is 663. The van der Waals surface area contributed by atoms with Crippen molar-refractivity contribution < 1.29 is 22.7 Å². The Morgan fingerprint density at radius 2 is 1.95 bits per heavy atom. The molecular formula is C14H14F3N3O2. The summed E-state index contributed by atoms with van der Waals surface area (Å²) in [7, 11) is 2.86. The van der Waals surface area contributed by atoms with Crippen molar-refractivity contribution in [2.24, 2.45) is 7.05 Å². The second-order valence-corrected chi connectivity index (χ2v) is 4.61. The molecular weight excluding hydrogens is 299 g/mol. The number of benzene rings is 1. The van der Waals surface area contributed by atoms with Crippen LogP contribution in [0.3, 0.4) is 0 Å². The number of aromatic nitrogens is 2. The zero-order valence-electron chi connectivity index (χ0n) is 11.9. The van der Waals surface area contributed by atoms with Crippen LogP contribution in [0.15, 0.2) is 30.3 Å². The van der Waals surface area contributed by atoms with E-state index in [0.29, 0.717) is 5.75 Å². The summed E-state index contributed by atoms with van der Waals surface area (Å²) in [5, 5.41) is 5.74. The van der Waals surface area contributed by atoms with Gasteiger partial charge < -0.3 is 10.1 Å². The monoisotopic (exact) mass is 313 g/mol. The molecule has 2 aromatic rings. The normalized spacial score (nSPS) is 11.3. The van der Waals surface area contributed by atoms with Crippen molar-refractivity contribution in [3.8, 4) is 5.75 Å². The fraction of sp³-hybridized carbons (Fsp3) is 0.286. The van der Waals surface area contributed by atoms with E-state index in [2.05, 4.69) is 10.4 Å². The number of rotatable bonds is 4. The molecule has 0 atom stereocenters. The van der Waals surface area contributed by atoms with Crippen LogP contribution in [0.1, 0.15) is 11.3 Å². The summed E-state index contributed by atoms with van der Waals surface area (Å²) in [4.78, 5) is 11.9. The minimum Gasteiger partial charge on any atom is -0.497 e. The first-order valence-electron chi connectivity index (χ1n) is 6.33. The van der Waals surface area contributed by atoms with Crippen molar-refractivity contribution in [1.82, 2.24) is 9.78 Å². The number of nitrogens with zero attached hydrogens (tertiary/aromatic N) is 2. The quantitative estimate of drug-likeness (QED) is 0.944. The van der Waals surface area contributed by atoms with Crippen LogP contribution in [0.25, 0.3) is 0 Å². The molecule has 0 saturated carbocycles. The SMILES string of the molecule is COc1ccc(CC(=O)Nc2cc(C(F)(F)F)nn2C)cc1. The van der Waals surface area contributed by atoms with E-state index in [1.54, 1.807) is 24.3 Å². The standard InChI is InChI=1S/C14H14F3N3O2/c1-20-12(8-11(19-20)14(15,16)17)18-13(21)7-9-3-5-10(22-2)6-4-9/h3-6,8H,7H2,1-2H3,(H,18,21). The lowest BCUT2D eigenvalue weighted by atomic mass is 10.1. The maximum absolute atomic E-state index is 12.5. The number of ether oxygens (including phenoxy) is 1. The van der Waals surface area contributed by atoms with Crippen LogP contribution in [0, 0.1) is 0 Å². The minimum atomic E-state index is -4.54. The van der Waals surface area contributed by atoms with Crippen molar-refractivity contribution in [1.29, 1.82) is 0 Å². The van der Waals surface area contributed by atoms with Gasteiger partial charge in [0, 0.05) is 13.1 Å². The molecule has 0 aliphatic heterocycles. The summed E-state index contributed by atoms with van der Waals surface area (Å²) in [6.45, 7) is 0. The van der Waals surface area contributed by atoms with Gasteiger partial charge in [0.2, 0.25) is 5.91 Å². The second-order valence-electron chi connectivity index (χ2n) is 4.61. The average molecular weight is 313 g/mol. The van der Waals surface area contributed by atoms with Gasteiger partial charge in [-0.05, 0) is 17.7 Å². The summed E-state index contributed by atoms with van der Waals surface area (Å²) in [6, 6.07) is 7.63. The number of hydrogen-bond acceptors (Lipinski definition) is 3. The number of aryl methyl sites for hydroxylation is 1. The van der Waals surface area contributed by atoms with E-state index in [0.717, 1.165) is 16.3 Å². The van der Waals surface area contributed by atoms with Crippen molar-refractivity contribution in [3.63, 3.8) is 0 Å². The Morgan fingerprint density at radius 1 is 1.32 bits per heavy atom. The maximum Gasteiger partial charge on any atom is 0.435 e. The molecule has 0 unspecified atom stereocenters. The fourth-order valence-corrected chi connectivity index (χ4v) is 1.84. The lowest BCUT2D eigenvalue weighted by Crippen LogP contribution is -2.16. The molecule has 118 valence electrons. The molecule has 1 amide bonds. The van der Waals surface area contributed by atoms with Crippen LogP contribution in [-0.2, 0) is 24.4 Å². The first kappa shape index (κ1) is 15.9. The number of carbonyl (C=O) groups is 1. The molecule has 5 nitrogen and oxygen atoms in total. The van der Waals surface area contributed by atoms with E-state index in [1.807, 2.05) is 0 Å². The number of halogens is 3. The van der Waals surface area contributed by atoms with Crippen molar-refractivity contribution >= 4 is 11.7 Å². The number of methoxy groups -OCH3 is 1. The van der Waals surface area contributed by atoms with Gasteiger partial charge in [0.1, 0.15) is 11.6 Å². The molecule has 0 fully saturated rings. The third kappa shape index (κ3) is 3.78. The number of anilines is 1. The van der Waals surface area contributed by atoms with Gasteiger partial charge in [-0.25, -0.2) is 0 Å². The topological polar surface area (TPSA) is 56.1 Å². The van der Waals surface area contributed by atoms with Crippen molar-refractivity contribution in [2.75, 3.05) is 12.4 Å². The molecule has 1 aromatic carbocycles. The molecule has 0 radical (unpaired) electrons. The molecule has 0 spiro atoms. The fourth-order valence-electron chi connectivity index (χ4n) is 1.84. The Morgan fingerprint density at radius 3 is 2.45 bits per heavy atom. The minimum absolute atomic E-state index is 0.00848. The summed E-state index contributed by atoms with van der Waals surface area (Å²) >= 11 is 0. The average Bonchev–Trinajstić information content (AvgIpc) is 2.81. The van der Waals surface area contributed by atoms with Crippen molar-refractivity contribution in [2.45, 2.75) is 12.6 Å². The van der Waals surface area contributed by atoms with E-state index < -0.39 is 17.8 Å². The number of amides is 1. The molecule has 1 heterocycles. The third-order valence-electron chi connectivity index (χ3n) is 2.96.